The molecule has 0 fully saturated rings. The number of hydrogen-bond acceptors (Lipinski definition) is 0. The van der Waals surface area contributed by atoms with E-state index < -0.39 is 14.5 Å². The molecule has 2 heteroatoms. The molecule has 1 aliphatic rings. The van der Waals surface area contributed by atoms with Crippen LogP contribution in [-0.4, -0.2) is 11.6 Å². The lowest BCUT2D eigenvalue weighted by Crippen LogP contribution is -2.41. The molecule has 1 aliphatic carbocycles. The molecule has 1 unspecified atom stereocenters. The van der Waals surface area contributed by atoms with Gasteiger partial charge in [0, 0.05) is 0 Å². The van der Waals surface area contributed by atoms with E-state index >= 15 is 0 Å². The summed E-state index contributed by atoms with van der Waals surface area (Å²) in [5.74, 6) is 1.03. The van der Waals surface area contributed by atoms with Gasteiger partial charge in [-0.3, -0.25) is 0 Å². The van der Waals surface area contributed by atoms with Gasteiger partial charge in [-0.15, -0.1) is 0 Å². The molecule has 0 aliphatic heterocycles. The van der Waals surface area contributed by atoms with E-state index in [1.165, 1.54) is 37.7 Å². The quantitative estimate of drug-likeness (QED) is 0.140. The minimum Gasteiger partial charge on any atom is -0.0622 e. The highest BCUT2D eigenvalue weighted by atomic mass is 31.2. The van der Waals surface area contributed by atoms with Crippen LogP contribution in [0.15, 0.2) is 212 Å². The maximum atomic E-state index is 2.50. The molecule has 6 aromatic rings. The lowest BCUT2D eigenvalue weighted by atomic mass is 10.0. The Morgan fingerprint density at radius 3 is 1.20 bits per heavy atom. The molecule has 0 heterocycles. The third-order valence-corrected chi connectivity index (χ3v) is 20.0. The van der Waals surface area contributed by atoms with Crippen molar-refractivity contribution < 1.29 is 0 Å². The second-order valence-electron chi connectivity index (χ2n) is 11.7. The van der Waals surface area contributed by atoms with Gasteiger partial charge in [0.05, 0.1) is 0 Å². The van der Waals surface area contributed by atoms with Gasteiger partial charge < -0.3 is 0 Å². The molecule has 1 atom stereocenters. The molecule has 0 N–H and O–H groups in total. The van der Waals surface area contributed by atoms with E-state index in [0.29, 0.717) is 0 Å². The molecule has 7 rings (SSSR count). The van der Waals surface area contributed by atoms with Crippen LogP contribution in [0.1, 0.15) is 5.56 Å². The van der Waals surface area contributed by atoms with Crippen molar-refractivity contribution in [3.05, 3.63) is 217 Å². The van der Waals surface area contributed by atoms with Crippen LogP contribution in [0.4, 0.5) is 0 Å². The van der Waals surface area contributed by atoms with E-state index in [2.05, 4.69) is 212 Å². The highest BCUT2D eigenvalue weighted by molar-refractivity contribution is 8.08. The predicted octanol–water partition coefficient (Wildman–Crippen LogP) is 9.18. The van der Waals surface area contributed by atoms with Crippen molar-refractivity contribution in [2.75, 3.05) is 5.90 Å². The highest BCUT2D eigenvalue weighted by Crippen LogP contribution is 2.75. The van der Waals surface area contributed by atoms with Gasteiger partial charge in [-0.2, -0.15) is 0 Å². The maximum Gasteiger partial charge on any atom is 0.184 e. The van der Waals surface area contributed by atoms with Crippen LogP contribution in [0.2, 0.25) is 0 Å². The summed E-state index contributed by atoms with van der Waals surface area (Å²) in [6.45, 7) is 0. The van der Waals surface area contributed by atoms with Crippen molar-refractivity contribution in [1.29, 1.82) is 0 Å². The van der Waals surface area contributed by atoms with E-state index in [4.69, 9.17) is 0 Å². The van der Waals surface area contributed by atoms with Crippen LogP contribution >= 0.6 is 14.5 Å². The van der Waals surface area contributed by atoms with Gasteiger partial charge in [0.1, 0.15) is 46.7 Å². The summed E-state index contributed by atoms with van der Waals surface area (Å²) in [5.41, 5.74) is 2.79. The summed E-state index contributed by atoms with van der Waals surface area (Å²) >= 11 is 0. The van der Waals surface area contributed by atoms with E-state index in [9.17, 15) is 0 Å². The van der Waals surface area contributed by atoms with Crippen LogP contribution < -0.4 is 26.5 Å². The summed E-state index contributed by atoms with van der Waals surface area (Å²) in [5, 5.41) is 7.15. The fraction of sp³-hybridized carbons (Fsp3) is 0.0455. The predicted molar refractivity (Wildman–Crippen MR) is 206 cm³/mol. The lowest BCUT2D eigenvalue weighted by molar-refractivity contribution is 1.26. The molecule has 6 aromatic carbocycles. The number of rotatable bonds is 9. The molecule has 0 aromatic heterocycles. The Morgan fingerprint density at radius 2 is 0.783 bits per heavy atom. The molecule has 0 radical (unpaired) electrons. The summed E-state index contributed by atoms with van der Waals surface area (Å²) in [7, 11) is -4.46. The van der Waals surface area contributed by atoms with Gasteiger partial charge >= 0.3 is 0 Å². The second-order valence-corrected chi connectivity index (χ2v) is 19.4. The minimum absolute atomic E-state index is 0.193. The van der Waals surface area contributed by atoms with E-state index in [0.717, 1.165) is 5.90 Å². The molecule has 0 saturated carbocycles. The molecule has 0 spiro atoms. The zero-order chi connectivity index (χ0) is 31.1. The van der Waals surface area contributed by atoms with Crippen LogP contribution in [0.3, 0.4) is 0 Å². The smallest absolute Gasteiger partial charge is 0.0622 e. The summed E-state index contributed by atoms with van der Waals surface area (Å²) in [6.07, 6.45) is 11.8. The van der Waals surface area contributed by atoms with Gasteiger partial charge in [-0.05, 0) is 84.0 Å². The standard InChI is InChI=1S/C44H38P2/c1-7-21-37(22-8-1)35-38-23-19-20-34-44(38)46(42-30-15-5-16-31-42,43-32-17-6-18-33-43)36-45(39-24-9-2-10-25-39,40-26-11-3-12-27-40)41-28-13-4-14-29-41/h1-35,44H,36H2/q+2. The first-order chi connectivity index (χ1) is 22.8. The maximum absolute atomic E-state index is 2.50. The topological polar surface area (TPSA) is 0 Å². The molecular weight excluding hydrogens is 590 g/mol. The highest BCUT2D eigenvalue weighted by Gasteiger charge is 2.62. The van der Waals surface area contributed by atoms with Crippen LogP contribution in [0.25, 0.3) is 6.08 Å². The Balaban J connectivity index is 1.60. The summed E-state index contributed by atoms with van der Waals surface area (Å²) in [4.78, 5) is 0. The van der Waals surface area contributed by atoms with E-state index in [1.807, 2.05) is 0 Å². The van der Waals surface area contributed by atoms with Gasteiger partial charge in [-0.25, -0.2) is 0 Å². The molecule has 222 valence electrons. The third-order valence-electron chi connectivity index (χ3n) is 9.10. The van der Waals surface area contributed by atoms with Crippen LogP contribution in [0, 0.1) is 0 Å². The normalized spacial score (nSPS) is 15.6. The molecule has 0 saturated heterocycles. The van der Waals surface area contributed by atoms with Crippen molar-refractivity contribution in [3.63, 3.8) is 0 Å². The zero-order valence-electron chi connectivity index (χ0n) is 25.9. The molecule has 0 amide bonds. The average Bonchev–Trinajstić information content (AvgIpc) is 3.15. The average molecular weight is 629 g/mol. The Kier molecular flexibility index (Phi) is 9.03. The van der Waals surface area contributed by atoms with Crippen molar-refractivity contribution in [2.24, 2.45) is 0 Å². The van der Waals surface area contributed by atoms with Gasteiger partial charge in [0.25, 0.3) is 0 Å². The Morgan fingerprint density at radius 1 is 0.413 bits per heavy atom. The summed E-state index contributed by atoms with van der Waals surface area (Å²) < 4.78 is 0. The van der Waals surface area contributed by atoms with Crippen LogP contribution in [-0.2, 0) is 0 Å². The van der Waals surface area contributed by atoms with Crippen molar-refractivity contribution in [2.45, 2.75) is 5.66 Å². The van der Waals surface area contributed by atoms with Gasteiger partial charge in [-0.1, -0.05) is 140 Å². The lowest BCUT2D eigenvalue weighted by Gasteiger charge is -2.38. The Hall–Kier alpha value is -4.60. The van der Waals surface area contributed by atoms with Crippen LogP contribution in [0.5, 0.6) is 0 Å². The molecule has 0 bridgehead atoms. The second kappa shape index (κ2) is 13.8. The molecule has 46 heavy (non-hydrogen) atoms. The van der Waals surface area contributed by atoms with Crippen molar-refractivity contribution >= 4 is 47.1 Å². The number of hydrogen-bond donors (Lipinski definition) is 0. The monoisotopic (exact) mass is 628 g/mol. The SMILES string of the molecule is C1=CC(=Cc2ccccc2)C([P+](C[P+](c2ccccc2)(c2ccccc2)c2ccccc2)(c2ccccc2)c2ccccc2)C=C1. The Bertz CT molecular complexity index is 1790. The fourth-order valence-electron chi connectivity index (χ4n) is 7.01. The first kappa shape index (κ1) is 30.1. The van der Waals surface area contributed by atoms with Crippen molar-refractivity contribution in [1.82, 2.24) is 0 Å². The largest absolute Gasteiger partial charge is 0.184 e. The van der Waals surface area contributed by atoms with E-state index in [1.54, 1.807) is 0 Å². The fourth-order valence-corrected chi connectivity index (χ4v) is 20.0. The Labute approximate surface area is 275 Å². The third kappa shape index (κ3) is 5.76. The first-order valence-corrected chi connectivity index (χ1v) is 20.0. The van der Waals surface area contributed by atoms with E-state index in [-0.39, 0.29) is 5.66 Å². The number of allylic oxidation sites excluding steroid dienone is 5. The minimum atomic E-state index is -2.24. The number of benzene rings is 6. The van der Waals surface area contributed by atoms with Crippen molar-refractivity contribution in [3.8, 4) is 0 Å². The van der Waals surface area contributed by atoms with Gasteiger partial charge in [0.2, 0.25) is 0 Å². The molecule has 0 nitrogen and oxygen atoms in total. The zero-order valence-corrected chi connectivity index (χ0v) is 27.7. The molecular formula is C44H38P2+2. The van der Waals surface area contributed by atoms with Gasteiger partial charge in [0.15, 0.2) is 5.90 Å². The first-order valence-electron chi connectivity index (χ1n) is 16.0. The summed E-state index contributed by atoms with van der Waals surface area (Å²) in [6, 6.07) is 67.8.